The molecule has 3 nitrogen and oxygen atoms in total. The number of carbonyl (C=O) groups is 1. The first-order valence-electron chi connectivity index (χ1n) is 7.71. The maximum atomic E-state index is 13.5. The Bertz CT molecular complexity index is 720. The van der Waals surface area contributed by atoms with Gasteiger partial charge in [0.1, 0.15) is 5.82 Å². The summed E-state index contributed by atoms with van der Waals surface area (Å²) in [6, 6.07) is 8.37. The van der Waals surface area contributed by atoms with Gasteiger partial charge in [-0.05, 0) is 50.5 Å². The molecule has 116 valence electrons. The Morgan fingerprint density at radius 3 is 2.68 bits per heavy atom. The van der Waals surface area contributed by atoms with Crippen molar-refractivity contribution in [3.05, 3.63) is 53.1 Å². The maximum Gasteiger partial charge on any atom is 0.255 e. The first kappa shape index (κ1) is 14.8. The van der Waals surface area contributed by atoms with Crippen molar-refractivity contribution in [3.63, 3.8) is 0 Å². The third-order valence-corrected chi connectivity index (χ3v) is 4.44. The van der Waals surface area contributed by atoms with Crippen LogP contribution in [0.2, 0.25) is 0 Å². The van der Waals surface area contributed by atoms with Crippen molar-refractivity contribution in [2.45, 2.75) is 27.2 Å². The van der Waals surface area contributed by atoms with Crippen LogP contribution in [0.15, 0.2) is 30.3 Å². The molecule has 2 aromatic rings. The Morgan fingerprint density at radius 1 is 1.27 bits per heavy atom. The van der Waals surface area contributed by atoms with Gasteiger partial charge in [0.25, 0.3) is 5.91 Å². The second-order valence-corrected chi connectivity index (χ2v) is 6.25. The Balaban J connectivity index is 1.98. The molecule has 0 saturated carbocycles. The van der Waals surface area contributed by atoms with E-state index in [0.29, 0.717) is 5.92 Å². The molecule has 1 unspecified atom stereocenters. The summed E-state index contributed by atoms with van der Waals surface area (Å²) in [6.45, 7) is 7.68. The minimum Gasteiger partial charge on any atom is -0.338 e. The van der Waals surface area contributed by atoms with Gasteiger partial charge in [-0.3, -0.25) is 4.79 Å². The molecule has 0 aliphatic carbocycles. The summed E-state index contributed by atoms with van der Waals surface area (Å²) in [7, 11) is 0. The van der Waals surface area contributed by atoms with Crippen molar-refractivity contribution in [2.75, 3.05) is 13.1 Å². The lowest BCUT2D eigenvalue weighted by atomic mass is 10.2. The molecule has 3 rings (SSSR count). The van der Waals surface area contributed by atoms with E-state index in [1.807, 2.05) is 35.4 Å². The second-order valence-electron chi connectivity index (χ2n) is 6.25. The first-order chi connectivity index (χ1) is 10.5. The fourth-order valence-corrected chi connectivity index (χ4v) is 3.28. The van der Waals surface area contributed by atoms with Crippen LogP contribution in [0.1, 0.15) is 35.1 Å². The Kier molecular flexibility index (Phi) is 3.77. The molecule has 22 heavy (non-hydrogen) atoms. The number of aryl methyl sites for hydroxylation is 1. The van der Waals surface area contributed by atoms with Crippen LogP contribution in [0.5, 0.6) is 0 Å². The van der Waals surface area contributed by atoms with E-state index in [4.69, 9.17) is 0 Å². The molecule has 1 aromatic heterocycles. The van der Waals surface area contributed by atoms with Crippen LogP contribution >= 0.6 is 0 Å². The number of nitrogens with zero attached hydrogens (tertiary/aromatic N) is 2. The van der Waals surface area contributed by atoms with Gasteiger partial charge in [0.15, 0.2) is 0 Å². The summed E-state index contributed by atoms with van der Waals surface area (Å²) in [5, 5.41) is 0. The molecule has 1 aromatic carbocycles. The van der Waals surface area contributed by atoms with E-state index in [-0.39, 0.29) is 11.7 Å². The normalized spacial score (nSPS) is 18.0. The second kappa shape index (κ2) is 5.59. The van der Waals surface area contributed by atoms with E-state index in [1.54, 1.807) is 6.07 Å². The van der Waals surface area contributed by atoms with E-state index < -0.39 is 0 Å². The van der Waals surface area contributed by atoms with E-state index >= 15 is 0 Å². The quantitative estimate of drug-likeness (QED) is 0.830. The van der Waals surface area contributed by atoms with Gasteiger partial charge in [0, 0.05) is 30.2 Å². The molecule has 0 radical (unpaired) electrons. The van der Waals surface area contributed by atoms with Gasteiger partial charge in [-0.25, -0.2) is 4.39 Å². The van der Waals surface area contributed by atoms with Gasteiger partial charge >= 0.3 is 0 Å². The zero-order valence-corrected chi connectivity index (χ0v) is 13.3. The molecule has 0 N–H and O–H groups in total. The molecule has 1 amide bonds. The molecular formula is C18H21FN2O. The van der Waals surface area contributed by atoms with Crippen molar-refractivity contribution in [1.29, 1.82) is 0 Å². The fourth-order valence-electron chi connectivity index (χ4n) is 3.28. The molecule has 1 atom stereocenters. The van der Waals surface area contributed by atoms with E-state index in [9.17, 15) is 9.18 Å². The monoisotopic (exact) mass is 300 g/mol. The highest BCUT2D eigenvalue weighted by atomic mass is 19.1. The van der Waals surface area contributed by atoms with Gasteiger partial charge in [-0.15, -0.1) is 0 Å². The van der Waals surface area contributed by atoms with Gasteiger partial charge in [0.05, 0.1) is 5.56 Å². The van der Waals surface area contributed by atoms with Crippen LogP contribution in [-0.2, 0) is 0 Å². The van der Waals surface area contributed by atoms with Crippen molar-refractivity contribution in [3.8, 4) is 5.69 Å². The van der Waals surface area contributed by atoms with Crippen molar-refractivity contribution < 1.29 is 9.18 Å². The largest absolute Gasteiger partial charge is 0.338 e. The Morgan fingerprint density at radius 2 is 2.05 bits per heavy atom. The number of rotatable bonds is 2. The van der Waals surface area contributed by atoms with Crippen LogP contribution < -0.4 is 0 Å². The van der Waals surface area contributed by atoms with Gasteiger partial charge in [-0.2, -0.15) is 0 Å². The van der Waals surface area contributed by atoms with E-state index in [2.05, 4.69) is 6.92 Å². The third-order valence-electron chi connectivity index (χ3n) is 4.44. The first-order valence-corrected chi connectivity index (χ1v) is 7.71. The smallest absolute Gasteiger partial charge is 0.255 e. The lowest BCUT2D eigenvalue weighted by Gasteiger charge is -2.16. The predicted octanol–water partition coefficient (Wildman–Crippen LogP) is 3.72. The lowest BCUT2D eigenvalue weighted by Crippen LogP contribution is -2.28. The number of carbonyl (C=O) groups excluding carboxylic acids is 1. The highest BCUT2D eigenvalue weighted by Gasteiger charge is 2.27. The summed E-state index contributed by atoms with van der Waals surface area (Å²) in [4.78, 5) is 14.6. The summed E-state index contributed by atoms with van der Waals surface area (Å²) in [5.74, 6) is 0.377. The number of hydrogen-bond donors (Lipinski definition) is 0. The van der Waals surface area contributed by atoms with Gasteiger partial charge in [-0.1, -0.05) is 13.0 Å². The van der Waals surface area contributed by atoms with Crippen molar-refractivity contribution >= 4 is 5.91 Å². The topological polar surface area (TPSA) is 25.2 Å². The number of amides is 1. The summed E-state index contributed by atoms with van der Waals surface area (Å²) in [5.41, 5.74) is 3.28. The minimum atomic E-state index is -0.272. The molecule has 4 heteroatoms. The van der Waals surface area contributed by atoms with Crippen molar-refractivity contribution in [2.24, 2.45) is 5.92 Å². The molecule has 0 bridgehead atoms. The number of hydrogen-bond acceptors (Lipinski definition) is 1. The minimum absolute atomic E-state index is 0.0834. The maximum absolute atomic E-state index is 13.5. The fraction of sp³-hybridized carbons (Fsp3) is 0.389. The summed E-state index contributed by atoms with van der Waals surface area (Å²) >= 11 is 0. The van der Waals surface area contributed by atoms with Crippen LogP contribution in [0, 0.1) is 25.6 Å². The zero-order chi connectivity index (χ0) is 15.9. The third kappa shape index (κ3) is 2.54. The van der Waals surface area contributed by atoms with Gasteiger partial charge in [0.2, 0.25) is 0 Å². The van der Waals surface area contributed by atoms with Crippen LogP contribution in [0.25, 0.3) is 5.69 Å². The lowest BCUT2D eigenvalue weighted by molar-refractivity contribution is 0.0787. The van der Waals surface area contributed by atoms with Crippen LogP contribution in [0.3, 0.4) is 0 Å². The van der Waals surface area contributed by atoms with E-state index in [0.717, 1.165) is 42.1 Å². The summed E-state index contributed by atoms with van der Waals surface area (Å²) in [6.07, 6.45) is 1.06. The average molecular weight is 300 g/mol. The molecular weight excluding hydrogens is 279 g/mol. The summed E-state index contributed by atoms with van der Waals surface area (Å²) < 4.78 is 15.4. The number of likely N-dealkylation sites (tertiary alicyclic amines) is 1. The SMILES string of the molecule is Cc1cc(C(=O)N2CCC(C)C2)c(C)n1-c1cccc(F)c1. The van der Waals surface area contributed by atoms with Crippen molar-refractivity contribution in [1.82, 2.24) is 9.47 Å². The Hall–Kier alpha value is -2.10. The molecule has 0 spiro atoms. The number of aromatic nitrogens is 1. The number of halogens is 1. The highest BCUT2D eigenvalue weighted by Crippen LogP contribution is 2.25. The van der Waals surface area contributed by atoms with Crippen LogP contribution in [0.4, 0.5) is 4.39 Å². The Labute approximate surface area is 130 Å². The average Bonchev–Trinajstić information content (AvgIpc) is 3.02. The van der Waals surface area contributed by atoms with E-state index in [1.165, 1.54) is 12.1 Å². The standard InChI is InChI=1S/C18H21FN2O/c1-12-7-8-20(11-12)18(22)17-9-13(2)21(14(17)3)16-6-4-5-15(19)10-16/h4-6,9-10,12H,7-8,11H2,1-3H3. The van der Waals surface area contributed by atoms with Gasteiger partial charge < -0.3 is 9.47 Å². The zero-order valence-electron chi connectivity index (χ0n) is 13.3. The van der Waals surface area contributed by atoms with Crippen LogP contribution in [-0.4, -0.2) is 28.5 Å². The molecule has 1 saturated heterocycles. The molecule has 1 fully saturated rings. The molecule has 1 aliphatic rings. The highest BCUT2D eigenvalue weighted by molar-refractivity contribution is 5.96. The number of benzene rings is 1. The molecule has 1 aliphatic heterocycles. The molecule has 2 heterocycles. The predicted molar refractivity (Wildman–Crippen MR) is 84.9 cm³/mol.